The van der Waals surface area contributed by atoms with Crippen LogP contribution in [-0.2, 0) is 4.79 Å². The Morgan fingerprint density at radius 3 is 2.65 bits per heavy atom. The SMILES string of the molecule is Cc1c(-c2ccc(Nc3ncc4cc(NC=O)n(C5CCCC5)c4n3)cc2)csc1C(=O)C=CC(C)C. The van der Waals surface area contributed by atoms with E-state index in [1.165, 1.54) is 24.2 Å². The van der Waals surface area contributed by atoms with Gasteiger partial charge < -0.3 is 15.2 Å². The first-order valence-corrected chi connectivity index (χ1v) is 13.6. The highest BCUT2D eigenvalue weighted by molar-refractivity contribution is 7.12. The van der Waals surface area contributed by atoms with Crippen LogP contribution in [0.4, 0.5) is 17.5 Å². The van der Waals surface area contributed by atoms with Crippen LogP contribution in [0.5, 0.6) is 0 Å². The molecular weight excluding hydrogens is 482 g/mol. The number of hydrogen-bond acceptors (Lipinski definition) is 6. The zero-order valence-corrected chi connectivity index (χ0v) is 22.1. The smallest absolute Gasteiger partial charge is 0.229 e. The van der Waals surface area contributed by atoms with Crippen molar-refractivity contribution in [2.75, 3.05) is 10.6 Å². The maximum Gasteiger partial charge on any atom is 0.229 e. The quantitative estimate of drug-likeness (QED) is 0.139. The second kappa shape index (κ2) is 10.7. The Bertz CT molecular complexity index is 1460. The first-order chi connectivity index (χ1) is 17.9. The summed E-state index contributed by atoms with van der Waals surface area (Å²) in [6.07, 6.45) is 10.6. The zero-order chi connectivity index (χ0) is 25.9. The molecule has 1 aliphatic carbocycles. The lowest BCUT2D eigenvalue weighted by molar-refractivity contribution is -0.105. The number of carbonyl (C=O) groups excluding carboxylic acids is 2. The number of carbonyl (C=O) groups is 2. The fourth-order valence-electron chi connectivity index (χ4n) is 4.93. The van der Waals surface area contributed by atoms with Gasteiger partial charge in [-0.2, -0.15) is 4.98 Å². The van der Waals surface area contributed by atoms with Crippen LogP contribution in [0.2, 0.25) is 0 Å². The van der Waals surface area contributed by atoms with Crippen molar-refractivity contribution in [2.24, 2.45) is 5.92 Å². The number of allylic oxidation sites excluding steroid dienone is 2. The fourth-order valence-corrected chi connectivity index (χ4v) is 5.95. The Balaban J connectivity index is 1.37. The molecule has 0 unspecified atom stereocenters. The first kappa shape index (κ1) is 24.9. The molecule has 7 nitrogen and oxygen atoms in total. The first-order valence-electron chi connectivity index (χ1n) is 12.7. The Kier molecular flexibility index (Phi) is 7.19. The Morgan fingerprint density at radius 1 is 1.19 bits per heavy atom. The van der Waals surface area contributed by atoms with Gasteiger partial charge in [-0.1, -0.05) is 44.9 Å². The summed E-state index contributed by atoms with van der Waals surface area (Å²) in [6, 6.07) is 10.3. The third kappa shape index (κ3) is 5.20. The molecule has 0 aliphatic heterocycles. The van der Waals surface area contributed by atoms with Gasteiger partial charge in [-0.25, -0.2) is 4.98 Å². The number of benzene rings is 1. The number of thiophene rings is 1. The van der Waals surface area contributed by atoms with E-state index in [1.54, 1.807) is 12.3 Å². The fraction of sp³-hybridized carbons (Fsp3) is 0.310. The molecule has 2 N–H and O–H groups in total. The molecule has 5 rings (SSSR count). The van der Waals surface area contributed by atoms with E-state index in [0.717, 1.165) is 56.9 Å². The predicted octanol–water partition coefficient (Wildman–Crippen LogP) is 7.29. The van der Waals surface area contributed by atoms with Crippen molar-refractivity contribution in [1.82, 2.24) is 14.5 Å². The summed E-state index contributed by atoms with van der Waals surface area (Å²) in [5.41, 5.74) is 4.83. The van der Waals surface area contributed by atoms with Gasteiger partial charge in [-0.15, -0.1) is 11.3 Å². The molecule has 3 heterocycles. The minimum atomic E-state index is 0.0575. The summed E-state index contributed by atoms with van der Waals surface area (Å²) < 4.78 is 2.14. The van der Waals surface area contributed by atoms with Gasteiger partial charge in [0.15, 0.2) is 5.78 Å². The highest BCUT2D eigenvalue weighted by atomic mass is 32.1. The summed E-state index contributed by atoms with van der Waals surface area (Å²) in [7, 11) is 0. The molecule has 3 aromatic heterocycles. The third-order valence-corrected chi connectivity index (χ3v) is 7.92. The number of aromatic nitrogens is 3. The van der Waals surface area contributed by atoms with Gasteiger partial charge in [0.1, 0.15) is 11.5 Å². The van der Waals surface area contributed by atoms with Gasteiger partial charge in [0.05, 0.1) is 4.88 Å². The lowest BCUT2D eigenvalue weighted by Gasteiger charge is -2.16. The van der Waals surface area contributed by atoms with Crippen LogP contribution in [0.25, 0.3) is 22.2 Å². The molecule has 1 aromatic carbocycles. The van der Waals surface area contributed by atoms with E-state index in [-0.39, 0.29) is 5.78 Å². The number of nitrogens with one attached hydrogen (secondary N) is 2. The summed E-state index contributed by atoms with van der Waals surface area (Å²) in [6.45, 7) is 6.12. The van der Waals surface area contributed by atoms with Gasteiger partial charge >= 0.3 is 0 Å². The molecular formula is C29H31N5O2S. The van der Waals surface area contributed by atoms with Crippen molar-refractivity contribution >= 4 is 52.0 Å². The number of nitrogens with zero attached hydrogens (tertiary/aromatic N) is 3. The molecule has 1 saturated carbocycles. The number of amides is 1. The van der Waals surface area contributed by atoms with Crippen molar-refractivity contribution < 1.29 is 9.59 Å². The average molecular weight is 514 g/mol. The normalized spacial score (nSPS) is 14.2. The molecule has 37 heavy (non-hydrogen) atoms. The number of ketones is 1. The molecule has 0 atom stereocenters. The lowest BCUT2D eigenvalue weighted by Crippen LogP contribution is -2.10. The van der Waals surface area contributed by atoms with E-state index >= 15 is 0 Å². The van der Waals surface area contributed by atoms with Crippen molar-refractivity contribution in [3.63, 3.8) is 0 Å². The van der Waals surface area contributed by atoms with Crippen LogP contribution < -0.4 is 10.6 Å². The van der Waals surface area contributed by atoms with Crippen molar-refractivity contribution in [3.05, 3.63) is 64.5 Å². The van der Waals surface area contributed by atoms with Gasteiger partial charge in [0, 0.05) is 23.3 Å². The van der Waals surface area contributed by atoms with E-state index in [1.807, 2.05) is 48.7 Å². The lowest BCUT2D eigenvalue weighted by atomic mass is 10.0. The largest absolute Gasteiger partial charge is 0.324 e. The van der Waals surface area contributed by atoms with E-state index in [2.05, 4.69) is 34.0 Å². The monoisotopic (exact) mass is 513 g/mol. The topological polar surface area (TPSA) is 88.9 Å². The van der Waals surface area contributed by atoms with Crippen LogP contribution in [0.15, 0.2) is 54.1 Å². The number of rotatable bonds is 9. The van der Waals surface area contributed by atoms with E-state index in [9.17, 15) is 9.59 Å². The highest BCUT2D eigenvalue weighted by Gasteiger charge is 2.23. The third-order valence-electron chi connectivity index (χ3n) is 6.82. The number of hydrogen-bond donors (Lipinski definition) is 2. The van der Waals surface area contributed by atoms with Crippen molar-refractivity contribution in [3.8, 4) is 11.1 Å². The standard InChI is InChI=1S/C29H31N5O2S/c1-18(2)8-13-25(36)27-19(3)24(16-37-27)20-9-11-22(12-10-20)32-29-30-15-21-14-26(31-17-35)34(28(21)33-29)23-6-4-5-7-23/h8-18,23H,4-7H2,1-3H3,(H,31,35)(H,30,32,33). The highest BCUT2D eigenvalue weighted by Crippen LogP contribution is 2.37. The van der Waals surface area contributed by atoms with Crippen molar-refractivity contribution in [2.45, 2.75) is 52.5 Å². The molecule has 1 amide bonds. The van der Waals surface area contributed by atoms with E-state index in [4.69, 9.17) is 4.98 Å². The van der Waals surface area contributed by atoms with Crippen LogP contribution in [0, 0.1) is 12.8 Å². The molecule has 1 aliphatic rings. The molecule has 4 aromatic rings. The Labute approximate surface area is 220 Å². The molecule has 0 saturated heterocycles. The minimum absolute atomic E-state index is 0.0575. The predicted molar refractivity (Wildman–Crippen MR) is 151 cm³/mol. The molecule has 8 heteroatoms. The molecule has 1 fully saturated rings. The molecule has 0 spiro atoms. The maximum absolute atomic E-state index is 12.6. The van der Waals surface area contributed by atoms with Gasteiger partial charge in [0.25, 0.3) is 0 Å². The zero-order valence-electron chi connectivity index (χ0n) is 21.3. The maximum atomic E-state index is 12.6. The number of anilines is 3. The molecule has 0 radical (unpaired) electrons. The van der Waals surface area contributed by atoms with Crippen LogP contribution in [-0.4, -0.2) is 26.7 Å². The molecule has 190 valence electrons. The van der Waals surface area contributed by atoms with Crippen LogP contribution in [0.1, 0.15) is 60.8 Å². The second-order valence-corrected chi connectivity index (χ2v) is 10.7. The van der Waals surface area contributed by atoms with Crippen LogP contribution >= 0.6 is 11.3 Å². The second-order valence-electron chi connectivity index (χ2n) is 9.85. The summed E-state index contributed by atoms with van der Waals surface area (Å²) in [5.74, 6) is 1.67. The number of fused-ring (bicyclic) bond motifs is 1. The van der Waals surface area contributed by atoms with Crippen LogP contribution in [0.3, 0.4) is 0 Å². The average Bonchev–Trinajstić information content (AvgIpc) is 3.62. The minimum Gasteiger partial charge on any atom is -0.324 e. The van der Waals surface area contributed by atoms with Gasteiger partial charge in [-0.3, -0.25) is 9.59 Å². The van der Waals surface area contributed by atoms with Gasteiger partial charge in [-0.05, 0) is 72.0 Å². The molecule has 0 bridgehead atoms. The Hall–Kier alpha value is -3.78. The Morgan fingerprint density at radius 2 is 1.95 bits per heavy atom. The summed E-state index contributed by atoms with van der Waals surface area (Å²) >= 11 is 1.49. The summed E-state index contributed by atoms with van der Waals surface area (Å²) in [4.78, 5) is 33.8. The van der Waals surface area contributed by atoms with E-state index < -0.39 is 0 Å². The summed E-state index contributed by atoms with van der Waals surface area (Å²) in [5, 5.41) is 9.09. The van der Waals surface area contributed by atoms with Crippen molar-refractivity contribution in [1.29, 1.82) is 0 Å². The van der Waals surface area contributed by atoms with E-state index in [0.29, 0.717) is 24.3 Å². The van der Waals surface area contributed by atoms with Gasteiger partial charge in [0.2, 0.25) is 12.4 Å².